The largest absolute Gasteiger partial charge is 0.497 e. The number of methoxy groups -OCH3 is 1. The quantitative estimate of drug-likeness (QED) is 0.586. The molecule has 2 heterocycles. The van der Waals surface area contributed by atoms with Gasteiger partial charge in [-0.05, 0) is 48.5 Å². The second-order valence-electron chi connectivity index (χ2n) is 5.87. The van der Waals surface area contributed by atoms with Gasteiger partial charge in [0.1, 0.15) is 5.75 Å². The molecule has 0 fully saturated rings. The van der Waals surface area contributed by atoms with Crippen LogP contribution in [0.15, 0.2) is 83.2 Å². The van der Waals surface area contributed by atoms with Crippen molar-refractivity contribution in [1.82, 2.24) is 3.93 Å². The second kappa shape index (κ2) is 7.51. The van der Waals surface area contributed by atoms with E-state index in [9.17, 15) is 0 Å². The predicted octanol–water partition coefficient (Wildman–Crippen LogP) is 5.83. The van der Waals surface area contributed by atoms with Gasteiger partial charge in [-0.25, -0.2) is 0 Å². The first-order valence-corrected chi connectivity index (χ1v) is 9.90. The summed E-state index contributed by atoms with van der Waals surface area (Å²) in [7, 11) is 1.67. The van der Waals surface area contributed by atoms with E-state index in [1.54, 1.807) is 7.11 Å². The number of thioether (sulfide) groups is 1. The molecule has 0 saturated heterocycles. The van der Waals surface area contributed by atoms with Crippen molar-refractivity contribution in [3.8, 4) is 5.75 Å². The average Bonchev–Trinajstić information content (AvgIpc) is 3.12. The Balaban J connectivity index is 1.44. The monoisotopic (exact) mass is 427 g/mol. The van der Waals surface area contributed by atoms with Gasteiger partial charge in [-0.1, -0.05) is 6.08 Å². The molecular weight excluding hydrogens is 410 g/mol. The molecule has 4 rings (SSSR count). The lowest BCUT2D eigenvalue weighted by molar-refractivity contribution is 0.415. The number of halogens is 1. The van der Waals surface area contributed by atoms with Gasteiger partial charge in [0.2, 0.25) is 0 Å². The van der Waals surface area contributed by atoms with Crippen molar-refractivity contribution < 1.29 is 4.74 Å². The first-order valence-electron chi connectivity index (χ1n) is 8.21. The minimum absolute atomic E-state index is 0.851. The highest BCUT2D eigenvalue weighted by Crippen LogP contribution is 2.39. The molecule has 0 aliphatic carbocycles. The van der Waals surface area contributed by atoms with E-state index >= 15 is 0 Å². The van der Waals surface area contributed by atoms with E-state index in [4.69, 9.17) is 4.74 Å². The normalized spacial score (nSPS) is 15.6. The summed E-state index contributed by atoms with van der Waals surface area (Å²) in [6, 6.07) is 16.2. The van der Waals surface area contributed by atoms with E-state index < -0.39 is 0 Å². The fourth-order valence-corrected chi connectivity index (χ4v) is 4.33. The van der Waals surface area contributed by atoms with Crippen molar-refractivity contribution in [2.45, 2.75) is 0 Å². The number of hydrogen-bond acceptors (Lipinski definition) is 5. The molecule has 0 saturated carbocycles. The van der Waals surface area contributed by atoms with Crippen LogP contribution < -0.4 is 15.4 Å². The highest BCUT2D eigenvalue weighted by Gasteiger charge is 2.21. The Hall–Kier alpha value is -2.31. The second-order valence-corrected chi connectivity index (χ2v) is 7.75. The number of nitrogens with one attached hydrogen (secondary N) is 2. The summed E-state index contributed by atoms with van der Waals surface area (Å²) in [6.07, 6.45) is 6.40. The number of anilines is 3. The molecule has 0 amide bonds. The van der Waals surface area contributed by atoms with E-state index in [0.29, 0.717) is 0 Å². The Morgan fingerprint density at radius 2 is 1.54 bits per heavy atom. The van der Waals surface area contributed by atoms with Gasteiger partial charge in [0.15, 0.2) is 0 Å². The molecule has 26 heavy (non-hydrogen) atoms. The number of fused-ring (bicyclic) bond motifs is 1. The first-order chi connectivity index (χ1) is 12.7. The molecule has 0 atom stereocenters. The predicted molar refractivity (Wildman–Crippen MR) is 114 cm³/mol. The maximum absolute atomic E-state index is 5.19. The summed E-state index contributed by atoms with van der Waals surface area (Å²) in [5.74, 6) is 1.87. The standard InChI is InChI=1S/C20H18BrN3OS/c1-25-17-8-6-15(7-9-17)22-14-2-4-16(5-3-14)23-19-12-24(21)13-20-18(19)10-11-26-20/h2-10,12-13,22-23H,11H2,1H3. The molecule has 4 nitrogen and oxygen atoms in total. The van der Waals surface area contributed by atoms with Crippen LogP contribution in [0.4, 0.5) is 17.1 Å². The highest BCUT2D eigenvalue weighted by atomic mass is 79.9. The highest BCUT2D eigenvalue weighted by molar-refractivity contribution is 9.07. The number of rotatable bonds is 5. The van der Waals surface area contributed by atoms with Crippen molar-refractivity contribution in [3.63, 3.8) is 0 Å². The molecule has 0 spiro atoms. The number of benzene rings is 2. The molecule has 6 heteroatoms. The lowest BCUT2D eigenvalue weighted by atomic mass is 10.1. The van der Waals surface area contributed by atoms with Gasteiger partial charge in [-0.3, -0.25) is 3.93 Å². The van der Waals surface area contributed by atoms with Crippen molar-refractivity contribution in [3.05, 3.63) is 83.2 Å². The lowest BCUT2D eigenvalue weighted by Crippen LogP contribution is -2.11. The minimum Gasteiger partial charge on any atom is -0.497 e. The molecule has 2 aromatic rings. The van der Waals surface area contributed by atoms with E-state index in [1.807, 2.05) is 46.2 Å². The molecule has 0 radical (unpaired) electrons. The maximum atomic E-state index is 5.19. The summed E-state index contributed by atoms with van der Waals surface area (Å²) >= 11 is 5.37. The van der Waals surface area contributed by atoms with Gasteiger partial charge in [-0.15, -0.1) is 11.8 Å². The molecule has 132 valence electrons. The summed E-state index contributed by atoms with van der Waals surface area (Å²) in [5.41, 5.74) is 5.49. The molecule has 2 aliphatic heterocycles. The zero-order valence-corrected chi connectivity index (χ0v) is 16.6. The fraction of sp³-hybridized carbons (Fsp3) is 0.100. The van der Waals surface area contributed by atoms with E-state index in [0.717, 1.165) is 34.3 Å². The van der Waals surface area contributed by atoms with Crippen LogP contribution in [0.2, 0.25) is 0 Å². The van der Waals surface area contributed by atoms with Crippen LogP contribution in [0.3, 0.4) is 0 Å². The van der Waals surface area contributed by atoms with E-state index in [-0.39, 0.29) is 0 Å². The number of allylic oxidation sites excluding steroid dienone is 1. The van der Waals surface area contributed by atoms with Crippen LogP contribution in [0.25, 0.3) is 0 Å². The third kappa shape index (κ3) is 3.76. The Bertz CT molecular complexity index is 888. The van der Waals surface area contributed by atoms with Gasteiger partial charge >= 0.3 is 0 Å². The third-order valence-corrected chi connectivity index (χ3v) is 5.50. The molecular formula is C20H18BrN3OS. The Kier molecular flexibility index (Phi) is 4.95. The molecule has 0 unspecified atom stereocenters. The van der Waals surface area contributed by atoms with Crippen LogP contribution in [0, 0.1) is 0 Å². The van der Waals surface area contributed by atoms with Crippen LogP contribution >= 0.6 is 27.9 Å². The SMILES string of the molecule is COc1ccc(Nc2ccc(NC3=CN(Br)C=C4SCC=C34)cc2)cc1. The van der Waals surface area contributed by atoms with Crippen molar-refractivity contribution in [1.29, 1.82) is 0 Å². The fourth-order valence-electron chi connectivity index (χ4n) is 2.82. The summed E-state index contributed by atoms with van der Waals surface area (Å²) in [5, 5.41) is 6.90. The summed E-state index contributed by atoms with van der Waals surface area (Å²) < 4.78 is 7.10. The third-order valence-electron chi connectivity index (χ3n) is 4.12. The van der Waals surface area contributed by atoms with Gasteiger partial charge in [0.05, 0.1) is 29.0 Å². The summed E-state index contributed by atoms with van der Waals surface area (Å²) in [4.78, 5) is 1.28. The Labute approximate surface area is 166 Å². The van der Waals surface area contributed by atoms with Crippen LogP contribution in [-0.2, 0) is 0 Å². The topological polar surface area (TPSA) is 36.5 Å². The zero-order chi connectivity index (χ0) is 17.9. The molecule has 0 aromatic heterocycles. The zero-order valence-electron chi connectivity index (χ0n) is 14.2. The van der Waals surface area contributed by atoms with E-state index in [2.05, 4.69) is 63.3 Å². The molecule has 0 bridgehead atoms. The summed E-state index contributed by atoms with van der Waals surface area (Å²) in [6.45, 7) is 0. The molecule has 2 aliphatic rings. The van der Waals surface area contributed by atoms with Gasteiger partial charge in [0, 0.05) is 45.7 Å². The number of ether oxygens (including phenoxy) is 1. The minimum atomic E-state index is 0.851. The number of nitrogens with zero attached hydrogens (tertiary/aromatic N) is 1. The Morgan fingerprint density at radius 1 is 0.923 bits per heavy atom. The van der Waals surface area contributed by atoms with Crippen LogP contribution in [-0.4, -0.2) is 16.8 Å². The van der Waals surface area contributed by atoms with Crippen molar-refractivity contribution in [2.24, 2.45) is 0 Å². The smallest absolute Gasteiger partial charge is 0.119 e. The number of hydrogen-bond donors (Lipinski definition) is 2. The lowest BCUT2D eigenvalue weighted by Gasteiger charge is -2.21. The maximum Gasteiger partial charge on any atom is 0.119 e. The van der Waals surface area contributed by atoms with Crippen molar-refractivity contribution >= 4 is 45.0 Å². The average molecular weight is 428 g/mol. The molecule has 2 N–H and O–H groups in total. The first kappa shape index (κ1) is 17.1. The van der Waals surface area contributed by atoms with Gasteiger partial charge in [-0.2, -0.15) is 0 Å². The van der Waals surface area contributed by atoms with Crippen LogP contribution in [0.5, 0.6) is 5.75 Å². The van der Waals surface area contributed by atoms with Gasteiger partial charge < -0.3 is 15.4 Å². The molecule has 2 aromatic carbocycles. The van der Waals surface area contributed by atoms with Crippen LogP contribution in [0.1, 0.15) is 0 Å². The Morgan fingerprint density at radius 3 is 2.19 bits per heavy atom. The van der Waals surface area contributed by atoms with Crippen molar-refractivity contribution in [2.75, 3.05) is 23.5 Å². The van der Waals surface area contributed by atoms with Gasteiger partial charge in [0.25, 0.3) is 0 Å². The van der Waals surface area contributed by atoms with E-state index in [1.165, 1.54) is 10.5 Å².